The summed E-state index contributed by atoms with van der Waals surface area (Å²) in [6.07, 6.45) is 0. The summed E-state index contributed by atoms with van der Waals surface area (Å²) in [7, 11) is 0. The lowest BCUT2D eigenvalue weighted by Crippen LogP contribution is -2.39. The van der Waals surface area contributed by atoms with Crippen molar-refractivity contribution in [2.45, 2.75) is 13.5 Å². The smallest absolute Gasteiger partial charge is 0.262 e. The highest BCUT2D eigenvalue weighted by atomic mass is 32.1. The van der Waals surface area contributed by atoms with Crippen molar-refractivity contribution < 1.29 is 4.79 Å². The number of para-hydroxylation sites is 1. The molecule has 31 heavy (non-hydrogen) atoms. The molecule has 3 aromatic carbocycles. The molecule has 1 heterocycles. The fraction of sp³-hybridized carbons (Fsp3) is 0.0833. The second-order valence-electron chi connectivity index (χ2n) is 7.08. The molecule has 6 nitrogen and oxygen atoms in total. The Balaban J connectivity index is 1.62. The summed E-state index contributed by atoms with van der Waals surface area (Å²) >= 11 is 5.26. The van der Waals surface area contributed by atoms with E-state index in [2.05, 4.69) is 15.6 Å². The Bertz CT molecular complexity index is 1330. The predicted molar refractivity (Wildman–Crippen MR) is 127 cm³/mol. The van der Waals surface area contributed by atoms with E-state index in [0.717, 1.165) is 16.8 Å². The number of nitrogens with one attached hydrogen (secondary N) is 2. The number of hydrogen-bond acceptors (Lipinski definition) is 4. The molecule has 154 valence electrons. The van der Waals surface area contributed by atoms with E-state index >= 15 is 0 Å². The molecule has 0 spiro atoms. The summed E-state index contributed by atoms with van der Waals surface area (Å²) in [4.78, 5) is 30.5. The maximum atomic E-state index is 13.2. The molecule has 4 rings (SSSR count). The number of nitrogens with zero attached hydrogens (tertiary/aromatic N) is 2. The Labute approximate surface area is 184 Å². The fourth-order valence-corrected chi connectivity index (χ4v) is 3.55. The van der Waals surface area contributed by atoms with Crippen LogP contribution in [0.1, 0.15) is 5.56 Å². The SMILES string of the molecule is Cc1cccc(NC(=S)NC(=O)Cn2c(-c3ccccc3)nc3ccccc3c2=O)c1. The highest BCUT2D eigenvalue weighted by molar-refractivity contribution is 7.80. The average molecular weight is 429 g/mol. The van der Waals surface area contributed by atoms with Gasteiger partial charge in [-0.15, -0.1) is 0 Å². The van der Waals surface area contributed by atoms with Crippen molar-refractivity contribution in [2.75, 3.05) is 5.32 Å². The number of anilines is 1. The second kappa shape index (κ2) is 8.89. The summed E-state index contributed by atoms with van der Waals surface area (Å²) in [6, 6.07) is 24.1. The third kappa shape index (κ3) is 4.67. The van der Waals surface area contributed by atoms with Crippen LogP contribution in [0.4, 0.5) is 5.69 Å². The van der Waals surface area contributed by atoms with Crippen molar-refractivity contribution in [3.05, 3.63) is 94.8 Å². The van der Waals surface area contributed by atoms with Crippen molar-refractivity contribution in [1.82, 2.24) is 14.9 Å². The summed E-state index contributed by atoms with van der Waals surface area (Å²) in [5, 5.41) is 6.25. The number of fused-ring (bicyclic) bond motifs is 1. The molecule has 0 fully saturated rings. The molecule has 0 unspecified atom stereocenters. The van der Waals surface area contributed by atoms with Gasteiger partial charge in [0, 0.05) is 11.3 Å². The number of aromatic nitrogens is 2. The van der Waals surface area contributed by atoms with Crippen molar-refractivity contribution >= 4 is 39.8 Å². The first-order valence-corrected chi connectivity index (χ1v) is 10.1. The first kappa shape index (κ1) is 20.4. The van der Waals surface area contributed by atoms with Crippen LogP contribution in [0.5, 0.6) is 0 Å². The number of hydrogen-bond donors (Lipinski definition) is 2. The van der Waals surface area contributed by atoms with Crippen LogP contribution < -0.4 is 16.2 Å². The molecule has 1 amide bonds. The molecule has 2 N–H and O–H groups in total. The third-order valence-corrected chi connectivity index (χ3v) is 4.93. The number of carbonyl (C=O) groups excluding carboxylic acids is 1. The fourth-order valence-electron chi connectivity index (χ4n) is 3.32. The lowest BCUT2D eigenvalue weighted by molar-refractivity contribution is -0.120. The van der Waals surface area contributed by atoms with Gasteiger partial charge in [-0.1, -0.05) is 54.6 Å². The molecular formula is C24H20N4O2S. The van der Waals surface area contributed by atoms with Gasteiger partial charge in [-0.2, -0.15) is 0 Å². The minimum atomic E-state index is -0.415. The molecule has 0 atom stereocenters. The second-order valence-corrected chi connectivity index (χ2v) is 7.49. The van der Waals surface area contributed by atoms with Crippen LogP contribution in [0.25, 0.3) is 22.3 Å². The van der Waals surface area contributed by atoms with Gasteiger partial charge in [0.1, 0.15) is 12.4 Å². The van der Waals surface area contributed by atoms with E-state index < -0.39 is 5.91 Å². The van der Waals surface area contributed by atoms with Crippen LogP contribution in [0, 0.1) is 6.92 Å². The summed E-state index contributed by atoms with van der Waals surface area (Å²) in [6.45, 7) is 1.76. The zero-order valence-corrected chi connectivity index (χ0v) is 17.6. The largest absolute Gasteiger partial charge is 0.332 e. The van der Waals surface area contributed by atoms with E-state index in [4.69, 9.17) is 12.2 Å². The van der Waals surface area contributed by atoms with Gasteiger partial charge in [0.15, 0.2) is 5.11 Å². The normalized spacial score (nSPS) is 10.6. The quantitative estimate of drug-likeness (QED) is 0.483. The molecule has 4 aromatic rings. The minimum absolute atomic E-state index is 0.165. The van der Waals surface area contributed by atoms with Crippen LogP contribution in [-0.2, 0) is 11.3 Å². The molecular weight excluding hydrogens is 408 g/mol. The maximum Gasteiger partial charge on any atom is 0.262 e. The Morgan fingerprint density at radius 2 is 1.74 bits per heavy atom. The van der Waals surface area contributed by atoms with Gasteiger partial charge in [-0.25, -0.2) is 4.98 Å². The van der Waals surface area contributed by atoms with Gasteiger partial charge in [0.2, 0.25) is 5.91 Å². The average Bonchev–Trinajstić information content (AvgIpc) is 2.76. The molecule has 0 radical (unpaired) electrons. The van der Waals surface area contributed by atoms with E-state index in [0.29, 0.717) is 16.7 Å². The monoisotopic (exact) mass is 428 g/mol. The highest BCUT2D eigenvalue weighted by Gasteiger charge is 2.16. The highest BCUT2D eigenvalue weighted by Crippen LogP contribution is 2.18. The number of rotatable bonds is 4. The Morgan fingerprint density at radius 1 is 1.00 bits per heavy atom. The number of thiocarbonyl (C=S) groups is 1. The molecule has 0 saturated heterocycles. The first-order chi connectivity index (χ1) is 15.0. The van der Waals surface area contributed by atoms with Crippen molar-refractivity contribution in [1.29, 1.82) is 0 Å². The molecule has 0 aliphatic heterocycles. The zero-order chi connectivity index (χ0) is 21.8. The number of aryl methyl sites for hydroxylation is 1. The van der Waals surface area contributed by atoms with Gasteiger partial charge < -0.3 is 10.6 Å². The van der Waals surface area contributed by atoms with Crippen LogP contribution in [-0.4, -0.2) is 20.6 Å². The summed E-state index contributed by atoms with van der Waals surface area (Å²) < 4.78 is 1.38. The van der Waals surface area contributed by atoms with Crippen LogP contribution in [0.2, 0.25) is 0 Å². The van der Waals surface area contributed by atoms with Gasteiger partial charge in [-0.05, 0) is 49.0 Å². The number of carbonyl (C=O) groups is 1. The summed E-state index contributed by atoms with van der Waals surface area (Å²) in [5.41, 5.74) is 2.90. The van der Waals surface area contributed by atoms with E-state index in [1.807, 2.05) is 67.6 Å². The Hall–Kier alpha value is -3.84. The lowest BCUT2D eigenvalue weighted by atomic mass is 10.2. The van der Waals surface area contributed by atoms with Crippen LogP contribution in [0.3, 0.4) is 0 Å². The Morgan fingerprint density at radius 3 is 2.52 bits per heavy atom. The van der Waals surface area contributed by atoms with E-state index in [-0.39, 0.29) is 17.2 Å². The standard InChI is InChI=1S/C24H20N4O2S/c1-16-8-7-11-18(14-16)25-24(31)27-21(29)15-28-22(17-9-3-2-4-10-17)26-20-13-6-5-12-19(20)23(28)30/h2-14H,15H2,1H3,(H2,25,27,29,31). The molecule has 7 heteroatoms. The molecule has 0 bridgehead atoms. The van der Waals surface area contributed by atoms with Crippen molar-refractivity contribution in [2.24, 2.45) is 0 Å². The van der Waals surface area contributed by atoms with Gasteiger partial charge in [0.05, 0.1) is 10.9 Å². The zero-order valence-electron chi connectivity index (χ0n) is 16.8. The van der Waals surface area contributed by atoms with E-state index in [1.165, 1.54) is 4.57 Å². The Kier molecular flexibility index (Phi) is 5.86. The van der Waals surface area contributed by atoms with Gasteiger partial charge >= 0.3 is 0 Å². The topological polar surface area (TPSA) is 76.0 Å². The lowest BCUT2D eigenvalue weighted by Gasteiger charge is -2.15. The number of benzene rings is 3. The van der Waals surface area contributed by atoms with Crippen LogP contribution >= 0.6 is 12.2 Å². The minimum Gasteiger partial charge on any atom is -0.332 e. The van der Waals surface area contributed by atoms with Gasteiger partial charge in [-0.3, -0.25) is 14.2 Å². The number of amides is 1. The maximum absolute atomic E-state index is 13.2. The summed E-state index contributed by atoms with van der Waals surface area (Å²) in [5.74, 6) is 0.0125. The van der Waals surface area contributed by atoms with Crippen molar-refractivity contribution in [3.63, 3.8) is 0 Å². The first-order valence-electron chi connectivity index (χ1n) is 9.74. The molecule has 1 aromatic heterocycles. The molecule has 0 aliphatic carbocycles. The molecule has 0 saturated carbocycles. The van der Waals surface area contributed by atoms with Crippen LogP contribution in [0.15, 0.2) is 83.7 Å². The predicted octanol–water partition coefficient (Wildman–Crippen LogP) is 3.89. The van der Waals surface area contributed by atoms with E-state index in [1.54, 1.807) is 18.2 Å². The van der Waals surface area contributed by atoms with E-state index in [9.17, 15) is 9.59 Å². The van der Waals surface area contributed by atoms with Gasteiger partial charge in [0.25, 0.3) is 5.56 Å². The third-order valence-electron chi connectivity index (χ3n) is 4.72. The molecule has 0 aliphatic rings. The van der Waals surface area contributed by atoms with Crippen molar-refractivity contribution in [3.8, 4) is 11.4 Å².